The van der Waals surface area contributed by atoms with Gasteiger partial charge >= 0.3 is 0 Å². The topological polar surface area (TPSA) is 3.24 Å². The molecule has 106 valence electrons. The zero-order chi connectivity index (χ0) is 13.6. The van der Waals surface area contributed by atoms with Crippen molar-refractivity contribution in [3.63, 3.8) is 0 Å². The van der Waals surface area contributed by atoms with E-state index < -0.39 is 0 Å². The van der Waals surface area contributed by atoms with Crippen molar-refractivity contribution in [3.8, 4) is 0 Å². The number of hydrogen-bond acceptors (Lipinski definition) is 1. The molecule has 1 heteroatoms. The van der Waals surface area contributed by atoms with Gasteiger partial charge < -0.3 is 0 Å². The van der Waals surface area contributed by atoms with Crippen molar-refractivity contribution in [2.75, 3.05) is 0 Å². The standard InChI is InChI=1S/C18H29N/c1-4-8-17-11-6-10-16(3)14-15-18(9-5-2,19(16)17)13-7-12-17/h4-5H,1-2,6-15H2,3H3. The summed E-state index contributed by atoms with van der Waals surface area (Å²) in [6.45, 7) is 10.6. The van der Waals surface area contributed by atoms with Gasteiger partial charge in [-0.05, 0) is 71.1 Å². The first-order valence-corrected chi connectivity index (χ1v) is 8.13. The van der Waals surface area contributed by atoms with Crippen LogP contribution in [0.4, 0.5) is 0 Å². The molecule has 0 aromatic carbocycles. The SMILES string of the molecule is C=CCC12CCCC3(C)CCC(CC=C)(CCC1)N32. The molecule has 0 aliphatic carbocycles. The monoisotopic (exact) mass is 259 g/mol. The molecule has 3 fully saturated rings. The Hall–Kier alpha value is -0.560. The lowest BCUT2D eigenvalue weighted by atomic mass is 9.68. The molecule has 3 heterocycles. The average Bonchev–Trinajstić information content (AvgIpc) is 2.66. The highest BCUT2D eigenvalue weighted by Gasteiger charge is 2.61. The van der Waals surface area contributed by atoms with Crippen LogP contribution in [0.15, 0.2) is 25.3 Å². The molecule has 0 bridgehead atoms. The van der Waals surface area contributed by atoms with Crippen molar-refractivity contribution in [1.29, 1.82) is 0 Å². The van der Waals surface area contributed by atoms with Crippen molar-refractivity contribution >= 4 is 0 Å². The predicted molar refractivity (Wildman–Crippen MR) is 82.3 cm³/mol. The Morgan fingerprint density at radius 2 is 1.37 bits per heavy atom. The van der Waals surface area contributed by atoms with Crippen LogP contribution < -0.4 is 0 Å². The van der Waals surface area contributed by atoms with Crippen molar-refractivity contribution in [1.82, 2.24) is 4.90 Å². The second-order valence-corrected chi connectivity index (χ2v) is 7.47. The molecule has 0 radical (unpaired) electrons. The molecular weight excluding hydrogens is 230 g/mol. The summed E-state index contributed by atoms with van der Waals surface area (Å²) in [5.74, 6) is 0. The summed E-state index contributed by atoms with van der Waals surface area (Å²) in [5, 5.41) is 0. The minimum Gasteiger partial charge on any atom is -0.286 e. The Labute approximate surface area is 118 Å². The summed E-state index contributed by atoms with van der Waals surface area (Å²) in [6, 6.07) is 0. The maximum atomic E-state index is 4.06. The quantitative estimate of drug-likeness (QED) is 0.653. The Bertz CT molecular complexity index is 383. The minimum atomic E-state index is 0.423. The van der Waals surface area contributed by atoms with Crippen LogP contribution in [0.25, 0.3) is 0 Å². The van der Waals surface area contributed by atoms with E-state index in [-0.39, 0.29) is 0 Å². The van der Waals surface area contributed by atoms with Gasteiger partial charge in [0.05, 0.1) is 0 Å². The molecule has 19 heavy (non-hydrogen) atoms. The largest absolute Gasteiger partial charge is 0.286 e. The van der Waals surface area contributed by atoms with Crippen molar-refractivity contribution in [3.05, 3.63) is 25.3 Å². The highest BCUT2D eigenvalue weighted by atomic mass is 15.4. The van der Waals surface area contributed by atoms with Gasteiger partial charge in [0.25, 0.3) is 0 Å². The molecular formula is C18H29N. The van der Waals surface area contributed by atoms with E-state index in [1.807, 2.05) is 0 Å². The smallest absolute Gasteiger partial charge is 0.0255 e. The third-order valence-electron chi connectivity index (χ3n) is 6.31. The van der Waals surface area contributed by atoms with Gasteiger partial charge in [0.1, 0.15) is 0 Å². The van der Waals surface area contributed by atoms with E-state index in [9.17, 15) is 0 Å². The lowest BCUT2D eigenvalue weighted by molar-refractivity contribution is -0.120. The van der Waals surface area contributed by atoms with Gasteiger partial charge in [-0.3, -0.25) is 4.90 Å². The van der Waals surface area contributed by atoms with Gasteiger partial charge in [-0.25, -0.2) is 0 Å². The van der Waals surface area contributed by atoms with Crippen LogP contribution in [-0.2, 0) is 0 Å². The Morgan fingerprint density at radius 1 is 0.842 bits per heavy atom. The fourth-order valence-corrected chi connectivity index (χ4v) is 5.87. The molecule has 3 saturated heterocycles. The van der Waals surface area contributed by atoms with E-state index in [4.69, 9.17) is 0 Å². The molecule has 0 amide bonds. The van der Waals surface area contributed by atoms with Crippen LogP contribution in [0.2, 0.25) is 0 Å². The molecule has 3 rings (SSSR count). The molecule has 0 saturated carbocycles. The zero-order valence-corrected chi connectivity index (χ0v) is 12.6. The van der Waals surface area contributed by atoms with Gasteiger partial charge in [0, 0.05) is 16.6 Å². The average molecular weight is 259 g/mol. The molecule has 0 aromatic heterocycles. The second kappa shape index (κ2) is 4.48. The van der Waals surface area contributed by atoms with E-state index in [0.29, 0.717) is 16.6 Å². The zero-order valence-electron chi connectivity index (χ0n) is 12.6. The van der Waals surface area contributed by atoms with Crippen LogP contribution in [0.1, 0.15) is 71.1 Å². The summed E-state index contributed by atoms with van der Waals surface area (Å²) < 4.78 is 0. The lowest BCUT2D eigenvalue weighted by Gasteiger charge is -2.63. The summed E-state index contributed by atoms with van der Waals surface area (Å²) in [4.78, 5) is 2.99. The molecule has 3 aliphatic heterocycles. The molecule has 3 unspecified atom stereocenters. The van der Waals surface area contributed by atoms with Crippen LogP contribution >= 0.6 is 0 Å². The highest BCUT2D eigenvalue weighted by Crippen LogP contribution is 2.60. The van der Waals surface area contributed by atoms with Gasteiger partial charge in [0.15, 0.2) is 0 Å². The van der Waals surface area contributed by atoms with E-state index >= 15 is 0 Å². The summed E-state index contributed by atoms with van der Waals surface area (Å²) in [6.07, 6.45) is 17.8. The van der Waals surface area contributed by atoms with E-state index in [0.717, 1.165) is 0 Å². The molecule has 3 aliphatic rings. The summed E-state index contributed by atoms with van der Waals surface area (Å²) in [7, 11) is 0. The van der Waals surface area contributed by atoms with Gasteiger partial charge in [-0.1, -0.05) is 12.2 Å². The number of nitrogens with zero attached hydrogens (tertiary/aromatic N) is 1. The number of piperidine rings is 2. The first kappa shape index (κ1) is 13.4. The van der Waals surface area contributed by atoms with E-state index in [2.05, 4.69) is 37.1 Å². The van der Waals surface area contributed by atoms with E-state index in [1.165, 1.54) is 64.2 Å². The summed E-state index contributed by atoms with van der Waals surface area (Å²) >= 11 is 0. The van der Waals surface area contributed by atoms with Crippen molar-refractivity contribution < 1.29 is 0 Å². The highest BCUT2D eigenvalue weighted by molar-refractivity contribution is 5.20. The fraction of sp³-hybridized carbons (Fsp3) is 0.778. The third-order valence-corrected chi connectivity index (χ3v) is 6.31. The van der Waals surface area contributed by atoms with Crippen LogP contribution in [0, 0.1) is 0 Å². The lowest BCUT2D eigenvalue weighted by Crippen LogP contribution is -2.68. The van der Waals surface area contributed by atoms with Crippen molar-refractivity contribution in [2.45, 2.75) is 87.7 Å². The maximum absolute atomic E-state index is 4.06. The number of rotatable bonds is 4. The molecule has 0 aromatic rings. The minimum absolute atomic E-state index is 0.423. The van der Waals surface area contributed by atoms with Crippen LogP contribution in [0.3, 0.4) is 0 Å². The first-order valence-electron chi connectivity index (χ1n) is 8.13. The number of hydrogen-bond donors (Lipinski definition) is 0. The van der Waals surface area contributed by atoms with Crippen LogP contribution in [0.5, 0.6) is 0 Å². The van der Waals surface area contributed by atoms with Crippen molar-refractivity contribution in [2.24, 2.45) is 0 Å². The van der Waals surface area contributed by atoms with Gasteiger partial charge in [-0.15, -0.1) is 13.2 Å². The second-order valence-electron chi connectivity index (χ2n) is 7.47. The normalized spacial score (nSPS) is 45.7. The Balaban J connectivity index is 2.05. The molecule has 3 atom stereocenters. The summed E-state index contributed by atoms with van der Waals surface area (Å²) in [5.41, 5.74) is 1.30. The Morgan fingerprint density at radius 3 is 1.95 bits per heavy atom. The van der Waals surface area contributed by atoms with Gasteiger partial charge in [-0.2, -0.15) is 0 Å². The first-order chi connectivity index (χ1) is 9.11. The molecule has 1 nitrogen and oxygen atoms in total. The predicted octanol–water partition coefficient (Wildman–Crippen LogP) is 4.84. The maximum Gasteiger partial charge on any atom is 0.0255 e. The van der Waals surface area contributed by atoms with Crippen LogP contribution in [-0.4, -0.2) is 21.5 Å². The van der Waals surface area contributed by atoms with Gasteiger partial charge in [0.2, 0.25) is 0 Å². The molecule has 0 N–H and O–H groups in total. The fourth-order valence-electron chi connectivity index (χ4n) is 5.87. The Kier molecular flexibility index (Phi) is 3.16. The molecule has 0 spiro atoms. The third kappa shape index (κ3) is 1.77. The van der Waals surface area contributed by atoms with E-state index in [1.54, 1.807) is 0 Å².